The largest absolute Gasteiger partial charge is 0.495 e. The standard InChI is InChI=1S/C20H23FN2O2/c1-25-19-9-5-4-8-18(19)23-12-10-16(11-13-23)22-20(24)14-15-6-2-3-7-17(15)21/h2-9,16H,10-14H2,1H3,(H,22,24). The molecule has 5 heteroatoms. The van der Waals surface area contributed by atoms with E-state index in [-0.39, 0.29) is 24.2 Å². The number of para-hydroxylation sites is 2. The molecule has 2 aromatic rings. The number of benzene rings is 2. The molecule has 1 amide bonds. The molecule has 0 aliphatic carbocycles. The normalized spacial score (nSPS) is 15.0. The molecule has 1 aliphatic rings. The van der Waals surface area contributed by atoms with Crippen LogP contribution < -0.4 is 15.0 Å². The summed E-state index contributed by atoms with van der Waals surface area (Å²) >= 11 is 0. The maximum absolute atomic E-state index is 13.6. The third-order valence-electron chi connectivity index (χ3n) is 4.59. The molecule has 0 spiro atoms. The lowest BCUT2D eigenvalue weighted by atomic mass is 10.0. The number of halogens is 1. The number of amides is 1. The number of hydrogen-bond donors (Lipinski definition) is 1. The fraction of sp³-hybridized carbons (Fsp3) is 0.350. The summed E-state index contributed by atoms with van der Waals surface area (Å²) < 4.78 is 19.1. The van der Waals surface area contributed by atoms with Gasteiger partial charge in [-0.3, -0.25) is 4.79 Å². The molecule has 2 aromatic carbocycles. The molecular weight excluding hydrogens is 319 g/mol. The number of anilines is 1. The number of rotatable bonds is 5. The molecule has 1 aliphatic heterocycles. The molecule has 0 saturated carbocycles. The van der Waals surface area contributed by atoms with Crippen molar-refractivity contribution in [1.29, 1.82) is 0 Å². The monoisotopic (exact) mass is 342 g/mol. The second kappa shape index (κ2) is 8.01. The van der Waals surface area contributed by atoms with Crippen molar-refractivity contribution in [3.8, 4) is 5.75 Å². The molecule has 0 bridgehead atoms. The Balaban J connectivity index is 1.52. The second-order valence-corrected chi connectivity index (χ2v) is 6.27. The third kappa shape index (κ3) is 4.29. The zero-order chi connectivity index (χ0) is 17.6. The Labute approximate surface area is 147 Å². The molecule has 1 fully saturated rings. The van der Waals surface area contributed by atoms with E-state index >= 15 is 0 Å². The average molecular weight is 342 g/mol. The molecule has 25 heavy (non-hydrogen) atoms. The summed E-state index contributed by atoms with van der Waals surface area (Å²) in [5, 5.41) is 3.03. The van der Waals surface area contributed by atoms with Crippen LogP contribution in [-0.4, -0.2) is 32.1 Å². The minimum absolute atomic E-state index is 0.0827. The van der Waals surface area contributed by atoms with Gasteiger partial charge < -0.3 is 15.0 Å². The van der Waals surface area contributed by atoms with Crippen LogP contribution in [0.3, 0.4) is 0 Å². The molecule has 4 nitrogen and oxygen atoms in total. The quantitative estimate of drug-likeness (QED) is 0.907. The Bertz CT molecular complexity index is 727. The van der Waals surface area contributed by atoms with Crippen molar-refractivity contribution in [3.63, 3.8) is 0 Å². The first-order valence-electron chi connectivity index (χ1n) is 8.58. The first-order valence-corrected chi connectivity index (χ1v) is 8.58. The number of methoxy groups -OCH3 is 1. The molecule has 0 radical (unpaired) electrons. The van der Waals surface area contributed by atoms with Crippen molar-refractivity contribution in [2.45, 2.75) is 25.3 Å². The van der Waals surface area contributed by atoms with Crippen molar-refractivity contribution >= 4 is 11.6 Å². The van der Waals surface area contributed by atoms with Gasteiger partial charge in [0.15, 0.2) is 0 Å². The van der Waals surface area contributed by atoms with Crippen molar-refractivity contribution < 1.29 is 13.9 Å². The number of piperidine rings is 1. The lowest BCUT2D eigenvalue weighted by Gasteiger charge is -2.34. The SMILES string of the molecule is COc1ccccc1N1CCC(NC(=O)Cc2ccccc2F)CC1. The van der Waals surface area contributed by atoms with Gasteiger partial charge in [0.2, 0.25) is 5.91 Å². The number of carbonyl (C=O) groups excluding carboxylic acids is 1. The van der Waals surface area contributed by atoms with Gasteiger partial charge in [-0.25, -0.2) is 4.39 Å². The van der Waals surface area contributed by atoms with Crippen molar-refractivity contribution in [2.75, 3.05) is 25.1 Å². The Kier molecular flexibility index (Phi) is 5.53. The minimum atomic E-state index is -0.330. The van der Waals surface area contributed by atoms with E-state index in [9.17, 15) is 9.18 Å². The van der Waals surface area contributed by atoms with Gasteiger partial charge in [0.25, 0.3) is 0 Å². The first kappa shape index (κ1) is 17.3. The van der Waals surface area contributed by atoms with Gasteiger partial charge in [-0.2, -0.15) is 0 Å². The highest BCUT2D eigenvalue weighted by atomic mass is 19.1. The Hall–Kier alpha value is -2.56. The van der Waals surface area contributed by atoms with Crippen molar-refractivity contribution in [1.82, 2.24) is 5.32 Å². The lowest BCUT2D eigenvalue weighted by molar-refractivity contribution is -0.121. The molecule has 0 unspecified atom stereocenters. The molecule has 3 rings (SSSR count). The summed E-state index contributed by atoms with van der Waals surface area (Å²) in [4.78, 5) is 14.4. The van der Waals surface area contributed by atoms with Gasteiger partial charge in [-0.1, -0.05) is 30.3 Å². The summed E-state index contributed by atoms with van der Waals surface area (Å²) in [7, 11) is 1.68. The van der Waals surface area contributed by atoms with Crippen molar-refractivity contribution in [2.24, 2.45) is 0 Å². The summed E-state index contributed by atoms with van der Waals surface area (Å²) in [6, 6.07) is 14.5. The highest BCUT2D eigenvalue weighted by Crippen LogP contribution is 2.29. The fourth-order valence-electron chi connectivity index (χ4n) is 3.25. The van der Waals surface area contributed by atoms with Crippen LogP contribution in [0.1, 0.15) is 18.4 Å². The smallest absolute Gasteiger partial charge is 0.224 e. The van der Waals surface area contributed by atoms with Gasteiger partial charge >= 0.3 is 0 Å². The predicted octanol–water partition coefficient (Wildman–Crippen LogP) is 3.16. The highest BCUT2D eigenvalue weighted by molar-refractivity contribution is 5.79. The van der Waals surface area contributed by atoms with E-state index in [2.05, 4.69) is 16.3 Å². The van der Waals surface area contributed by atoms with E-state index in [1.54, 1.807) is 25.3 Å². The number of carbonyl (C=O) groups is 1. The van der Waals surface area contributed by atoms with Crippen LogP contribution in [0.25, 0.3) is 0 Å². The number of hydrogen-bond acceptors (Lipinski definition) is 3. The molecule has 1 N–H and O–H groups in total. The van der Waals surface area contributed by atoms with Gasteiger partial charge in [0, 0.05) is 19.1 Å². The minimum Gasteiger partial charge on any atom is -0.495 e. The van der Waals surface area contributed by atoms with E-state index in [1.807, 2.05) is 18.2 Å². The molecule has 132 valence electrons. The van der Waals surface area contributed by atoms with Crippen LogP contribution in [0, 0.1) is 5.82 Å². The predicted molar refractivity (Wildman–Crippen MR) is 96.5 cm³/mol. The molecule has 0 atom stereocenters. The van der Waals surface area contributed by atoms with Crippen LogP contribution in [0.4, 0.5) is 10.1 Å². The van der Waals surface area contributed by atoms with Crippen LogP contribution >= 0.6 is 0 Å². The van der Waals surface area contributed by atoms with Gasteiger partial charge in [0.05, 0.1) is 19.2 Å². The van der Waals surface area contributed by atoms with E-state index in [0.29, 0.717) is 5.56 Å². The molecular formula is C20H23FN2O2. The fourth-order valence-corrected chi connectivity index (χ4v) is 3.25. The van der Waals surface area contributed by atoms with Gasteiger partial charge in [0.1, 0.15) is 11.6 Å². The number of ether oxygens (including phenoxy) is 1. The van der Waals surface area contributed by atoms with E-state index in [0.717, 1.165) is 37.4 Å². The van der Waals surface area contributed by atoms with Gasteiger partial charge in [-0.05, 0) is 36.6 Å². The second-order valence-electron chi connectivity index (χ2n) is 6.27. The summed E-state index contributed by atoms with van der Waals surface area (Å²) in [5.74, 6) is 0.411. The zero-order valence-electron chi connectivity index (χ0n) is 14.4. The lowest BCUT2D eigenvalue weighted by Crippen LogP contribution is -2.45. The number of nitrogens with zero attached hydrogens (tertiary/aromatic N) is 1. The van der Waals surface area contributed by atoms with Crippen LogP contribution in [0.15, 0.2) is 48.5 Å². The van der Waals surface area contributed by atoms with Crippen LogP contribution in [0.2, 0.25) is 0 Å². The maximum Gasteiger partial charge on any atom is 0.224 e. The highest BCUT2D eigenvalue weighted by Gasteiger charge is 2.22. The van der Waals surface area contributed by atoms with Crippen LogP contribution in [0.5, 0.6) is 5.75 Å². The molecule has 0 aromatic heterocycles. The Morgan fingerprint density at radius 3 is 2.56 bits per heavy atom. The summed E-state index contributed by atoms with van der Waals surface area (Å²) in [6.07, 6.45) is 1.81. The average Bonchev–Trinajstić information content (AvgIpc) is 2.64. The maximum atomic E-state index is 13.6. The summed E-state index contributed by atoms with van der Waals surface area (Å²) in [5.41, 5.74) is 1.52. The topological polar surface area (TPSA) is 41.6 Å². The Morgan fingerprint density at radius 1 is 1.16 bits per heavy atom. The van der Waals surface area contributed by atoms with E-state index < -0.39 is 0 Å². The number of nitrogens with one attached hydrogen (secondary N) is 1. The van der Waals surface area contributed by atoms with E-state index in [4.69, 9.17) is 4.74 Å². The first-order chi connectivity index (χ1) is 12.2. The summed E-state index contributed by atoms with van der Waals surface area (Å²) in [6.45, 7) is 1.70. The van der Waals surface area contributed by atoms with Gasteiger partial charge in [-0.15, -0.1) is 0 Å². The molecule has 1 heterocycles. The van der Waals surface area contributed by atoms with Crippen molar-refractivity contribution in [3.05, 3.63) is 59.9 Å². The van der Waals surface area contributed by atoms with E-state index in [1.165, 1.54) is 6.07 Å². The zero-order valence-corrected chi connectivity index (χ0v) is 14.4. The van der Waals surface area contributed by atoms with Crippen LogP contribution in [-0.2, 0) is 11.2 Å². The Morgan fingerprint density at radius 2 is 1.84 bits per heavy atom. The molecule has 1 saturated heterocycles. The third-order valence-corrected chi connectivity index (χ3v) is 4.59.